The van der Waals surface area contributed by atoms with Crippen LogP contribution in [0.2, 0.25) is 0 Å². The summed E-state index contributed by atoms with van der Waals surface area (Å²) >= 11 is 3.41. The molecule has 0 aromatic carbocycles. The number of halogens is 1. The SMILES string of the molecule is CC(Br)C(C)c1c([N+](=O)[O-])ncn1C. The molecule has 2 atom stereocenters. The fourth-order valence-corrected chi connectivity index (χ4v) is 1.56. The normalized spacial score (nSPS) is 15.1. The van der Waals surface area contributed by atoms with Gasteiger partial charge in [0, 0.05) is 17.8 Å². The second-order valence-corrected chi connectivity index (χ2v) is 4.73. The molecule has 6 heteroatoms. The lowest BCUT2D eigenvalue weighted by atomic mass is 10.1. The quantitative estimate of drug-likeness (QED) is 0.476. The van der Waals surface area contributed by atoms with Crippen LogP contribution in [0.15, 0.2) is 6.33 Å². The number of nitro groups is 1. The van der Waals surface area contributed by atoms with Crippen LogP contribution >= 0.6 is 15.9 Å². The number of hydrogen-bond donors (Lipinski definition) is 0. The number of aryl methyl sites for hydroxylation is 1. The number of alkyl halides is 1. The van der Waals surface area contributed by atoms with E-state index in [2.05, 4.69) is 20.9 Å². The highest BCUT2D eigenvalue weighted by molar-refractivity contribution is 9.09. The van der Waals surface area contributed by atoms with Crippen molar-refractivity contribution >= 4 is 21.7 Å². The first-order valence-corrected chi connectivity index (χ1v) is 5.16. The summed E-state index contributed by atoms with van der Waals surface area (Å²) in [7, 11) is 1.77. The van der Waals surface area contributed by atoms with Gasteiger partial charge < -0.3 is 14.7 Å². The topological polar surface area (TPSA) is 61.0 Å². The van der Waals surface area contributed by atoms with Gasteiger partial charge in [-0.2, -0.15) is 0 Å². The Bertz CT molecular complexity index is 348. The van der Waals surface area contributed by atoms with Crippen molar-refractivity contribution < 1.29 is 4.92 Å². The zero-order valence-electron chi connectivity index (χ0n) is 8.27. The molecule has 1 aromatic rings. The molecule has 14 heavy (non-hydrogen) atoms. The number of aromatic nitrogens is 2. The van der Waals surface area contributed by atoms with Gasteiger partial charge in [-0.1, -0.05) is 29.8 Å². The molecule has 0 aliphatic carbocycles. The van der Waals surface area contributed by atoms with Gasteiger partial charge in [0.2, 0.25) is 6.33 Å². The van der Waals surface area contributed by atoms with Crippen molar-refractivity contribution in [3.63, 3.8) is 0 Å². The van der Waals surface area contributed by atoms with E-state index < -0.39 is 4.92 Å². The van der Waals surface area contributed by atoms with Crippen LogP contribution in [0, 0.1) is 10.1 Å². The molecule has 0 fully saturated rings. The Kier molecular flexibility index (Phi) is 3.25. The average Bonchev–Trinajstić information content (AvgIpc) is 2.45. The van der Waals surface area contributed by atoms with Crippen molar-refractivity contribution in [1.29, 1.82) is 0 Å². The summed E-state index contributed by atoms with van der Waals surface area (Å²) in [6, 6.07) is 0. The second kappa shape index (κ2) is 4.08. The van der Waals surface area contributed by atoms with Gasteiger partial charge in [-0.25, -0.2) is 0 Å². The van der Waals surface area contributed by atoms with E-state index in [0.29, 0.717) is 5.69 Å². The Morgan fingerprint density at radius 1 is 1.64 bits per heavy atom. The molecule has 0 saturated heterocycles. The van der Waals surface area contributed by atoms with E-state index in [0.717, 1.165) is 0 Å². The molecule has 78 valence electrons. The van der Waals surface area contributed by atoms with Crippen molar-refractivity contribution in [1.82, 2.24) is 9.55 Å². The highest BCUT2D eigenvalue weighted by Crippen LogP contribution is 2.29. The Hall–Kier alpha value is -0.910. The van der Waals surface area contributed by atoms with Gasteiger partial charge in [-0.05, 0) is 9.91 Å². The van der Waals surface area contributed by atoms with E-state index in [4.69, 9.17) is 0 Å². The number of hydrogen-bond acceptors (Lipinski definition) is 3. The molecule has 0 spiro atoms. The molecule has 1 rings (SSSR count). The summed E-state index contributed by atoms with van der Waals surface area (Å²) in [6.07, 6.45) is 1.47. The fraction of sp³-hybridized carbons (Fsp3) is 0.625. The Labute approximate surface area is 90.4 Å². The monoisotopic (exact) mass is 261 g/mol. The lowest BCUT2D eigenvalue weighted by molar-refractivity contribution is -0.390. The smallest absolute Gasteiger partial charge is 0.358 e. The molecule has 1 heterocycles. The number of nitrogens with zero attached hydrogens (tertiary/aromatic N) is 3. The standard InChI is InChI=1S/C8H12BrN3O2/c1-5(6(2)9)7-8(12(13)14)10-4-11(7)3/h4-6H,1-3H3. The summed E-state index contributed by atoms with van der Waals surface area (Å²) in [6.45, 7) is 3.89. The van der Waals surface area contributed by atoms with E-state index in [9.17, 15) is 10.1 Å². The van der Waals surface area contributed by atoms with Crippen LogP contribution in [0.5, 0.6) is 0 Å². The second-order valence-electron chi connectivity index (χ2n) is 3.29. The number of rotatable bonds is 3. The first-order chi connectivity index (χ1) is 6.45. The van der Waals surface area contributed by atoms with Crippen LogP contribution in [0.25, 0.3) is 0 Å². The summed E-state index contributed by atoms with van der Waals surface area (Å²) in [5.74, 6) is 0.00852. The Balaban J connectivity index is 3.17. The van der Waals surface area contributed by atoms with Crippen LogP contribution < -0.4 is 0 Å². The molecule has 0 aliphatic heterocycles. The maximum atomic E-state index is 10.7. The molecular formula is C8H12BrN3O2. The minimum Gasteiger partial charge on any atom is -0.358 e. The third-order valence-corrected chi connectivity index (χ3v) is 3.05. The van der Waals surface area contributed by atoms with Gasteiger partial charge in [0.1, 0.15) is 5.69 Å². The van der Waals surface area contributed by atoms with E-state index in [1.807, 2.05) is 13.8 Å². The van der Waals surface area contributed by atoms with E-state index >= 15 is 0 Å². The van der Waals surface area contributed by atoms with Crippen molar-refractivity contribution in [2.45, 2.75) is 24.6 Å². The van der Waals surface area contributed by atoms with Gasteiger partial charge in [-0.15, -0.1) is 0 Å². The van der Waals surface area contributed by atoms with Gasteiger partial charge >= 0.3 is 5.82 Å². The highest BCUT2D eigenvalue weighted by atomic mass is 79.9. The van der Waals surface area contributed by atoms with Crippen molar-refractivity contribution in [2.75, 3.05) is 0 Å². The first-order valence-electron chi connectivity index (χ1n) is 4.24. The molecule has 0 N–H and O–H groups in total. The summed E-state index contributed by atoms with van der Waals surface area (Å²) in [5.41, 5.74) is 0.652. The summed E-state index contributed by atoms with van der Waals surface area (Å²) in [5, 5.41) is 10.7. The highest BCUT2D eigenvalue weighted by Gasteiger charge is 2.27. The van der Waals surface area contributed by atoms with Gasteiger partial charge in [0.05, 0.1) is 0 Å². The van der Waals surface area contributed by atoms with Crippen molar-refractivity contribution in [3.05, 3.63) is 22.1 Å². The van der Waals surface area contributed by atoms with E-state index in [1.165, 1.54) is 6.33 Å². The minimum atomic E-state index is -0.443. The molecule has 5 nitrogen and oxygen atoms in total. The van der Waals surface area contributed by atoms with Crippen LogP contribution in [0.4, 0.5) is 5.82 Å². The van der Waals surface area contributed by atoms with Gasteiger partial charge in [0.15, 0.2) is 0 Å². The summed E-state index contributed by atoms with van der Waals surface area (Å²) < 4.78 is 1.69. The molecule has 0 aliphatic rings. The number of imidazole rings is 1. The van der Waals surface area contributed by atoms with Crippen LogP contribution in [0.1, 0.15) is 25.5 Å². The molecule has 0 saturated carbocycles. The minimum absolute atomic E-state index is 0.0497. The largest absolute Gasteiger partial charge is 0.385 e. The predicted molar refractivity (Wildman–Crippen MR) is 56.7 cm³/mol. The molecule has 1 aromatic heterocycles. The van der Waals surface area contributed by atoms with Crippen LogP contribution in [-0.2, 0) is 7.05 Å². The lowest BCUT2D eigenvalue weighted by Gasteiger charge is -2.13. The van der Waals surface area contributed by atoms with Gasteiger partial charge in [-0.3, -0.25) is 0 Å². The fourth-order valence-electron chi connectivity index (χ4n) is 1.31. The predicted octanol–water partition coefficient (Wildman–Crippen LogP) is 2.22. The maximum Gasteiger partial charge on any atom is 0.385 e. The Morgan fingerprint density at radius 3 is 2.64 bits per heavy atom. The average molecular weight is 262 g/mol. The molecule has 0 radical (unpaired) electrons. The van der Waals surface area contributed by atoms with E-state index in [1.54, 1.807) is 11.6 Å². The Morgan fingerprint density at radius 2 is 2.21 bits per heavy atom. The van der Waals surface area contributed by atoms with Crippen LogP contribution in [0.3, 0.4) is 0 Å². The zero-order valence-corrected chi connectivity index (χ0v) is 9.85. The summed E-state index contributed by atoms with van der Waals surface area (Å²) in [4.78, 5) is 14.2. The first kappa shape index (κ1) is 11.2. The van der Waals surface area contributed by atoms with E-state index in [-0.39, 0.29) is 16.6 Å². The molecule has 2 unspecified atom stereocenters. The lowest BCUT2D eigenvalue weighted by Crippen LogP contribution is -2.11. The zero-order chi connectivity index (χ0) is 10.9. The molecular weight excluding hydrogens is 250 g/mol. The van der Waals surface area contributed by atoms with Gasteiger partial charge in [0.25, 0.3) is 0 Å². The molecule has 0 amide bonds. The maximum absolute atomic E-state index is 10.7. The van der Waals surface area contributed by atoms with Crippen molar-refractivity contribution in [2.24, 2.45) is 7.05 Å². The third-order valence-electron chi connectivity index (χ3n) is 2.26. The van der Waals surface area contributed by atoms with Crippen LogP contribution in [-0.4, -0.2) is 19.3 Å². The molecule has 0 bridgehead atoms. The van der Waals surface area contributed by atoms with Crippen molar-refractivity contribution in [3.8, 4) is 0 Å². The third kappa shape index (κ3) is 1.95.